The molecule has 0 heterocycles. The molecule has 0 fully saturated rings. The second kappa shape index (κ2) is 8.58. The van der Waals surface area contributed by atoms with Gasteiger partial charge in [0.25, 0.3) is 0 Å². The van der Waals surface area contributed by atoms with Crippen LogP contribution in [0.3, 0.4) is 0 Å². The fourth-order valence-corrected chi connectivity index (χ4v) is 3.00. The van der Waals surface area contributed by atoms with Crippen molar-refractivity contribution in [2.24, 2.45) is 0 Å². The van der Waals surface area contributed by atoms with E-state index in [1.54, 1.807) is 0 Å². The average molecular weight is 370 g/mol. The Morgan fingerprint density at radius 3 is 2.28 bits per heavy atom. The van der Waals surface area contributed by atoms with Crippen molar-refractivity contribution in [3.8, 4) is 0 Å². The average Bonchev–Trinajstić information content (AvgIpc) is 2.47. The predicted octanol–water partition coefficient (Wildman–Crippen LogP) is 3.35. The number of amides is 1. The van der Waals surface area contributed by atoms with Gasteiger partial charge in [-0.2, -0.15) is 0 Å². The van der Waals surface area contributed by atoms with Crippen LogP contribution in [0.1, 0.15) is 32.8 Å². The van der Waals surface area contributed by atoms with Gasteiger partial charge in [-0.3, -0.25) is 4.79 Å². The molecule has 0 radical (unpaired) electrons. The van der Waals surface area contributed by atoms with Crippen molar-refractivity contribution in [3.63, 3.8) is 0 Å². The van der Waals surface area contributed by atoms with E-state index in [1.807, 2.05) is 0 Å². The lowest BCUT2D eigenvalue weighted by Crippen LogP contribution is -2.45. The number of rotatable bonds is 8. The van der Waals surface area contributed by atoms with Gasteiger partial charge in [-0.25, -0.2) is 9.18 Å². The van der Waals surface area contributed by atoms with Crippen LogP contribution in [0, 0.1) is 5.82 Å². The maximum absolute atomic E-state index is 12.9. The molecule has 1 aromatic carbocycles. The summed E-state index contributed by atoms with van der Waals surface area (Å²) in [6.07, 6.45) is 0.212. The van der Waals surface area contributed by atoms with Crippen LogP contribution in [-0.2, 0) is 20.4 Å². The van der Waals surface area contributed by atoms with Gasteiger partial charge >= 0.3 is 5.97 Å². The minimum absolute atomic E-state index is 0.00709. The molecule has 5 nitrogen and oxygen atoms in total. The maximum Gasteiger partial charge on any atom is 0.326 e. The number of carboxylic acids is 1. The van der Waals surface area contributed by atoms with Crippen LogP contribution in [0.4, 0.5) is 4.39 Å². The highest BCUT2D eigenvalue weighted by molar-refractivity contribution is 6.74. The number of aliphatic carboxylic acids is 1. The number of carboxylic acid groups (broad SMARTS) is 1. The Kier molecular flexibility index (Phi) is 7.31. The van der Waals surface area contributed by atoms with Crippen LogP contribution in [0.25, 0.3) is 0 Å². The number of hydrogen-bond acceptors (Lipinski definition) is 3. The van der Waals surface area contributed by atoms with Gasteiger partial charge < -0.3 is 14.8 Å². The fraction of sp³-hybridized carbons (Fsp3) is 0.556. The van der Waals surface area contributed by atoms with Crippen LogP contribution in [0.5, 0.6) is 0 Å². The third-order valence-electron chi connectivity index (χ3n) is 4.59. The molecule has 1 rings (SSSR count). The molecule has 2 N–H and O–H groups in total. The Balaban J connectivity index is 2.55. The van der Waals surface area contributed by atoms with Crippen molar-refractivity contribution in [3.05, 3.63) is 35.6 Å². The third kappa shape index (κ3) is 6.95. The molecule has 0 saturated heterocycles. The van der Waals surface area contributed by atoms with Crippen molar-refractivity contribution in [2.75, 3.05) is 6.61 Å². The zero-order valence-electron chi connectivity index (χ0n) is 15.6. The Morgan fingerprint density at radius 2 is 1.80 bits per heavy atom. The molecule has 25 heavy (non-hydrogen) atoms. The molecule has 0 saturated carbocycles. The summed E-state index contributed by atoms with van der Waals surface area (Å²) in [5, 5.41) is 11.9. The molecule has 0 aliphatic heterocycles. The Morgan fingerprint density at radius 1 is 1.24 bits per heavy atom. The third-order valence-corrected chi connectivity index (χ3v) is 9.13. The molecule has 1 amide bonds. The highest BCUT2D eigenvalue weighted by Crippen LogP contribution is 2.36. The van der Waals surface area contributed by atoms with E-state index in [1.165, 1.54) is 24.3 Å². The second-order valence-electron chi connectivity index (χ2n) is 7.66. The topological polar surface area (TPSA) is 75.6 Å². The summed E-state index contributed by atoms with van der Waals surface area (Å²) in [7, 11) is -1.95. The standard InChI is InChI=1S/C18H28FNO4Si/c1-18(2,3)25(4,5)24-11-10-15(17(22)23)20-16(21)12-13-6-8-14(19)9-7-13/h6-9,15H,10-12H2,1-5H3,(H,20,21)(H,22,23)/t15-/m1/s1. The maximum atomic E-state index is 12.9. The van der Waals surface area contributed by atoms with Gasteiger partial charge in [0.1, 0.15) is 11.9 Å². The molecule has 0 spiro atoms. The van der Waals surface area contributed by atoms with Crippen molar-refractivity contribution in [2.45, 2.75) is 57.8 Å². The van der Waals surface area contributed by atoms with E-state index in [2.05, 4.69) is 39.2 Å². The summed E-state index contributed by atoms with van der Waals surface area (Å²) in [6, 6.07) is 4.54. The first-order valence-corrected chi connectivity index (χ1v) is 11.2. The largest absolute Gasteiger partial charge is 0.480 e. The SMILES string of the molecule is CC(C)(C)[Si](C)(C)OCC[C@@H](NC(=O)Cc1ccc(F)cc1)C(=O)O. The molecule has 1 aromatic rings. The summed E-state index contributed by atoms with van der Waals surface area (Å²) in [5.74, 6) is -1.88. The molecule has 140 valence electrons. The Hall–Kier alpha value is -1.73. The van der Waals surface area contributed by atoms with E-state index in [4.69, 9.17) is 4.43 Å². The monoisotopic (exact) mass is 369 g/mol. The molecule has 0 unspecified atom stereocenters. The van der Waals surface area contributed by atoms with E-state index in [-0.39, 0.29) is 30.3 Å². The van der Waals surface area contributed by atoms with Crippen molar-refractivity contribution >= 4 is 20.2 Å². The van der Waals surface area contributed by atoms with E-state index in [0.29, 0.717) is 5.56 Å². The van der Waals surface area contributed by atoms with Gasteiger partial charge in [0.15, 0.2) is 8.32 Å². The first kappa shape index (κ1) is 21.3. The summed E-state index contributed by atoms with van der Waals surface area (Å²) < 4.78 is 18.8. The summed E-state index contributed by atoms with van der Waals surface area (Å²) in [5.41, 5.74) is 0.626. The summed E-state index contributed by atoms with van der Waals surface area (Å²) in [4.78, 5) is 23.4. The van der Waals surface area contributed by atoms with Crippen LogP contribution in [0.15, 0.2) is 24.3 Å². The molecule has 1 atom stereocenters. The molecule has 7 heteroatoms. The quantitative estimate of drug-likeness (QED) is 0.689. The number of carbonyl (C=O) groups excluding carboxylic acids is 1. The first-order valence-electron chi connectivity index (χ1n) is 8.33. The summed E-state index contributed by atoms with van der Waals surface area (Å²) >= 11 is 0. The number of nitrogens with one attached hydrogen (secondary N) is 1. The summed E-state index contributed by atoms with van der Waals surface area (Å²) in [6.45, 7) is 10.8. The highest BCUT2D eigenvalue weighted by atomic mass is 28.4. The van der Waals surface area contributed by atoms with Crippen molar-refractivity contribution in [1.82, 2.24) is 5.32 Å². The molecule has 0 aliphatic rings. The van der Waals surface area contributed by atoms with Gasteiger partial charge in [0.2, 0.25) is 5.91 Å². The molecule has 0 aliphatic carbocycles. The lowest BCUT2D eigenvalue weighted by atomic mass is 10.1. The number of hydrogen-bond donors (Lipinski definition) is 2. The lowest BCUT2D eigenvalue weighted by Gasteiger charge is -2.36. The highest BCUT2D eigenvalue weighted by Gasteiger charge is 2.37. The number of carbonyl (C=O) groups is 2. The number of halogens is 1. The van der Waals surface area contributed by atoms with E-state index in [9.17, 15) is 19.1 Å². The smallest absolute Gasteiger partial charge is 0.326 e. The minimum atomic E-state index is -1.95. The van der Waals surface area contributed by atoms with Gasteiger partial charge in [0, 0.05) is 13.0 Å². The normalized spacial score (nSPS) is 13.4. The molecular formula is C18H28FNO4Si. The number of benzene rings is 1. The zero-order chi connectivity index (χ0) is 19.3. The molecular weight excluding hydrogens is 341 g/mol. The Bertz CT molecular complexity index is 596. The zero-order valence-corrected chi connectivity index (χ0v) is 16.6. The van der Waals surface area contributed by atoms with Crippen LogP contribution < -0.4 is 5.32 Å². The van der Waals surface area contributed by atoms with Gasteiger partial charge in [-0.1, -0.05) is 32.9 Å². The van der Waals surface area contributed by atoms with Gasteiger partial charge in [0.05, 0.1) is 6.42 Å². The first-order chi connectivity index (χ1) is 11.4. The molecule has 0 aromatic heterocycles. The molecule has 0 bridgehead atoms. The van der Waals surface area contributed by atoms with Crippen LogP contribution >= 0.6 is 0 Å². The van der Waals surface area contributed by atoms with E-state index < -0.39 is 26.2 Å². The van der Waals surface area contributed by atoms with Crippen molar-refractivity contribution in [1.29, 1.82) is 0 Å². The second-order valence-corrected chi connectivity index (χ2v) is 12.5. The predicted molar refractivity (Wildman–Crippen MR) is 97.4 cm³/mol. The van der Waals surface area contributed by atoms with Gasteiger partial charge in [-0.05, 0) is 35.8 Å². The van der Waals surface area contributed by atoms with Crippen LogP contribution in [-0.4, -0.2) is 37.9 Å². The van der Waals surface area contributed by atoms with Gasteiger partial charge in [-0.15, -0.1) is 0 Å². The van der Waals surface area contributed by atoms with Crippen molar-refractivity contribution < 1.29 is 23.5 Å². The minimum Gasteiger partial charge on any atom is -0.480 e. The lowest BCUT2D eigenvalue weighted by molar-refractivity contribution is -0.142. The van der Waals surface area contributed by atoms with E-state index >= 15 is 0 Å². The Labute approximate surface area is 149 Å². The van der Waals surface area contributed by atoms with E-state index in [0.717, 1.165) is 0 Å². The van der Waals surface area contributed by atoms with Crippen LogP contribution in [0.2, 0.25) is 18.1 Å². The fourth-order valence-electron chi connectivity index (χ4n) is 1.94.